The van der Waals surface area contributed by atoms with Crippen molar-refractivity contribution in [3.8, 4) is 6.07 Å². The molecule has 12 heteroatoms. The van der Waals surface area contributed by atoms with Crippen LogP contribution in [-0.4, -0.2) is 43.7 Å². The molecule has 2 unspecified atom stereocenters. The molecule has 40 heavy (non-hydrogen) atoms. The third-order valence-electron chi connectivity index (χ3n) is 8.40. The zero-order valence-electron chi connectivity index (χ0n) is 21.8. The first-order valence-electron chi connectivity index (χ1n) is 13.3. The lowest BCUT2D eigenvalue weighted by Crippen LogP contribution is -2.42. The van der Waals surface area contributed by atoms with Crippen LogP contribution in [0.3, 0.4) is 0 Å². The Balaban J connectivity index is 1.31. The maximum absolute atomic E-state index is 13.8. The minimum Gasteiger partial charge on any atom is -0.354 e. The number of sulfonamides is 1. The topological polar surface area (TPSA) is 99.0 Å². The molecule has 2 aliphatic carbocycles. The molecule has 0 spiro atoms. The molecular weight excluding hydrogens is 559 g/mol. The lowest BCUT2D eigenvalue weighted by Gasteiger charge is -2.25. The molecule has 210 valence electrons. The molecule has 0 bridgehead atoms. The largest absolute Gasteiger partial charge is 0.393 e. The molecular formula is C28H28F3N5O2S2. The summed E-state index contributed by atoms with van der Waals surface area (Å²) in [7, 11) is -3.89. The van der Waals surface area contributed by atoms with Crippen molar-refractivity contribution < 1.29 is 21.6 Å². The van der Waals surface area contributed by atoms with Crippen molar-refractivity contribution in [3.63, 3.8) is 0 Å². The van der Waals surface area contributed by atoms with Crippen LogP contribution < -0.4 is 9.62 Å². The van der Waals surface area contributed by atoms with Crippen molar-refractivity contribution in [2.45, 2.75) is 62.6 Å². The highest BCUT2D eigenvalue weighted by Gasteiger charge is 2.42. The summed E-state index contributed by atoms with van der Waals surface area (Å²) < 4.78 is 69.7. The Labute approximate surface area is 234 Å². The molecule has 2 atom stereocenters. The van der Waals surface area contributed by atoms with Crippen LogP contribution in [-0.2, 0) is 22.9 Å². The minimum atomic E-state index is -4.32. The van der Waals surface area contributed by atoms with Crippen molar-refractivity contribution in [2.75, 3.05) is 18.0 Å². The van der Waals surface area contributed by atoms with Gasteiger partial charge >= 0.3 is 6.18 Å². The number of alkyl halides is 3. The maximum Gasteiger partial charge on any atom is 0.393 e. The van der Waals surface area contributed by atoms with E-state index in [1.807, 2.05) is 4.90 Å². The predicted octanol–water partition coefficient (Wildman–Crippen LogP) is 5.54. The van der Waals surface area contributed by atoms with Crippen molar-refractivity contribution >= 4 is 43.5 Å². The van der Waals surface area contributed by atoms with Gasteiger partial charge in [0, 0.05) is 36.0 Å². The molecule has 1 N–H and O–H groups in total. The summed E-state index contributed by atoms with van der Waals surface area (Å²) in [5.74, 6) is 0.929. The van der Waals surface area contributed by atoms with E-state index in [1.54, 1.807) is 25.1 Å². The molecule has 0 amide bonds. The van der Waals surface area contributed by atoms with Crippen LogP contribution in [0.25, 0.3) is 16.3 Å². The van der Waals surface area contributed by atoms with Crippen molar-refractivity contribution in [2.24, 2.45) is 11.8 Å². The van der Waals surface area contributed by atoms with E-state index >= 15 is 0 Å². The first kappa shape index (κ1) is 27.2. The van der Waals surface area contributed by atoms with E-state index in [1.165, 1.54) is 12.4 Å². The number of halogens is 3. The number of thiophene rings is 1. The summed E-state index contributed by atoms with van der Waals surface area (Å²) in [6.45, 7) is 2.69. The summed E-state index contributed by atoms with van der Waals surface area (Å²) in [6, 6.07) is 6.69. The Kier molecular flexibility index (Phi) is 6.87. The molecule has 3 heterocycles. The van der Waals surface area contributed by atoms with Gasteiger partial charge in [0.2, 0.25) is 10.0 Å². The standard InChI is InChI=1S/C28H28F3N5O2S2/c1-16-21-9-17(12-32)8-19(21)6-7-25(16)40(37,38)35-24-14-36(13-23(24)18-4-2-3-5-18)26-22-10-20(11-28(29,30)31)39-27(22)34-15-33-26/h6-7,9-10,15,18,23-24,35H,2-5,8,11,13-14H2,1H3. The molecule has 1 saturated carbocycles. The second kappa shape index (κ2) is 10.1. The quantitative estimate of drug-likeness (QED) is 0.407. The third-order valence-corrected chi connectivity index (χ3v) is 11.1. The van der Waals surface area contributed by atoms with Gasteiger partial charge in [0.15, 0.2) is 0 Å². The van der Waals surface area contributed by atoms with E-state index < -0.39 is 22.6 Å². The molecule has 3 aromatic rings. The highest BCUT2D eigenvalue weighted by atomic mass is 32.2. The number of hydrogen-bond acceptors (Lipinski definition) is 7. The zero-order valence-corrected chi connectivity index (χ0v) is 23.5. The molecule has 0 radical (unpaired) electrons. The number of benzene rings is 1. The van der Waals surface area contributed by atoms with Gasteiger partial charge in [-0.3, -0.25) is 0 Å². The van der Waals surface area contributed by atoms with Crippen LogP contribution in [0.4, 0.5) is 19.0 Å². The smallest absolute Gasteiger partial charge is 0.354 e. The van der Waals surface area contributed by atoms with Crippen LogP contribution in [0.1, 0.15) is 47.3 Å². The van der Waals surface area contributed by atoms with Gasteiger partial charge in [-0.1, -0.05) is 31.7 Å². The number of nitriles is 1. The monoisotopic (exact) mass is 587 g/mol. The Bertz CT molecular complexity index is 1650. The minimum absolute atomic E-state index is 0.0374. The Morgan fingerprint density at radius 1 is 1.20 bits per heavy atom. The number of fused-ring (bicyclic) bond motifs is 2. The molecule has 2 fully saturated rings. The van der Waals surface area contributed by atoms with Gasteiger partial charge in [-0.25, -0.2) is 23.1 Å². The van der Waals surface area contributed by atoms with Gasteiger partial charge in [-0.2, -0.15) is 18.4 Å². The number of nitrogens with one attached hydrogen (secondary N) is 1. The lowest BCUT2D eigenvalue weighted by atomic mass is 9.87. The zero-order chi connectivity index (χ0) is 28.2. The Hall–Kier alpha value is -3.01. The van der Waals surface area contributed by atoms with Gasteiger partial charge in [0.1, 0.15) is 17.0 Å². The number of allylic oxidation sites excluding steroid dienone is 1. The normalized spacial score (nSPS) is 21.7. The fraction of sp³-hybridized carbons (Fsp3) is 0.464. The molecule has 1 aromatic carbocycles. The van der Waals surface area contributed by atoms with E-state index in [4.69, 9.17) is 0 Å². The number of nitrogens with zero attached hydrogens (tertiary/aromatic N) is 4. The van der Waals surface area contributed by atoms with E-state index in [2.05, 4.69) is 20.8 Å². The van der Waals surface area contributed by atoms with Crippen molar-refractivity contribution in [3.05, 3.63) is 51.7 Å². The predicted molar refractivity (Wildman–Crippen MR) is 147 cm³/mol. The first-order valence-corrected chi connectivity index (χ1v) is 15.6. The Morgan fingerprint density at radius 2 is 1.98 bits per heavy atom. The summed E-state index contributed by atoms with van der Waals surface area (Å²) in [4.78, 5) is 11.5. The SMILES string of the molecule is Cc1c(S(=O)(=O)NC2CN(c3ncnc4sc(CC(F)(F)F)cc34)CC2C2CCCC2)ccc2c1C=C(C#N)C2. The highest BCUT2D eigenvalue weighted by molar-refractivity contribution is 7.89. The van der Waals surface area contributed by atoms with Crippen LogP contribution in [0, 0.1) is 30.1 Å². The van der Waals surface area contributed by atoms with E-state index in [9.17, 15) is 26.9 Å². The summed E-state index contributed by atoms with van der Waals surface area (Å²) in [6.07, 6.45) is 2.52. The van der Waals surface area contributed by atoms with Crippen LogP contribution >= 0.6 is 11.3 Å². The summed E-state index contributed by atoms with van der Waals surface area (Å²) in [5, 5.41) is 9.87. The summed E-state index contributed by atoms with van der Waals surface area (Å²) >= 11 is 1.01. The van der Waals surface area contributed by atoms with Crippen LogP contribution in [0.2, 0.25) is 0 Å². The molecule has 6 rings (SSSR count). The molecule has 7 nitrogen and oxygen atoms in total. The van der Waals surface area contributed by atoms with E-state index in [-0.39, 0.29) is 21.7 Å². The highest BCUT2D eigenvalue weighted by Crippen LogP contribution is 2.41. The fourth-order valence-corrected chi connectivity index (χ4v) is 9.15. The van der Waals surface area contributed by atoms with Gasteiger partial charge in [-0.05, 0) is 53.7 Å². The van der Waals surface area contributed by atoms with Gasteiger partial charge in [-0.15, -0.1) is 11.3 Å². The van der Waals surface area contributed by atoms with Gasteiger partial charge in [0.25, 0.3) is 0 Å². The number of rotatable bonds is 6. The molecule has 1 saturated heterocycles. The molecule has 2 aromatic heterocycles. The maximum atomic E-state index is 13.8. The second-order valence-electron chi connectivity index (χ2n) is 11.0. The second-order valence-corrected chi connectivity index (χ2v) is 13.8. The Morgan fingerprint density at radius 3 is 2.70 bits per heavy atom. The van der Waals surface area contributed by atoms with E-state index in [0.717, 1.165) is 48.1 Å². The molecule has 3 aliphatic rings. The van der Waals surface area contributed by atoms with Crippen LogP contribution in [0.15, 0.2) is 35.0 Å². The number of anilines is 1. The average molecular weight is 588 g/mol. The summed E-state index contributed by atoms with van der Waals surface area (Å²) in [5.41, 5.74) is 2.96. The first-order chi connectivity index (χ1) is 19.0. The third kappa shape index (κ3) is 5.10. The lowest BCUT2D eigenvalue weighted by molar-refractivity contribution is -0.126. The number of hydrogen-bond donors (Lipinski definition) is 1. The van der Waals surface area contributed by atoms with Crippen LogP contribution in [0.5, 0.6) is 0 Å². The molecule has 1 aliphatic heterocycles. The van der Waals surface area contributed by atoms with Gasteiger partial charge in [0.05, 0.1) is 22.8 Å². The average Bonchev–Trinajstić information content (AvgIpc) is 3.67. The fourth-order valence-electron chi connectivity index (χ4n) is 6.60. The van der Waals surface area contributed by atoms with Gasteiger partial charge < -0.3 is 4.90 Å². The van der Waals surface area contributed by atoms with E-state index in [0.29, 0.717) is 52.6 Å². The van der Waals surface area contributed by atoms with Crippen molar-refractivity contribution in [1.29, 1.82) is 5.26 Å². The number of aromatic nitrogens is 2. The van der Waals surface area contributed by atoms with Crippen molar-refractivity contribution in [1.82, 2.24) is 14.7 Å².